The Morgan fingerprint density at radius 1 is 1.41 bits per heavy atom. The van der Waals surface area contributed by atoms with Crippen molar-refractivity contribution in [2.45, 2.75) is 6.92 Å². The molecule has 3 nitrogen and oxygen atoms in total. The fourth-order valence-corrected chi connectivity index (χ4v) is 2.15. The molecule has 2 N–H and O–H groups in total. The molecule has 1 aromatic rings. The van der Waals surface area contributed by atoms with Gasteiger partial charge in [-0.2, -0.15) is 0 Å². The van der Waals surface area contributed by atoms with E-state index in [1.807, 2.05) is 25.1 Å². The quantitative estimate of drug-likeness (QED) is 0.554. The molecule has 0 heterocycles. The van der Waals surface area contributed by atoms with Gasteiger partial charge in [0.1, 0.15) is 0 Å². The highest BCUT2D eigenvalue weighted by molar-refractivity contribution is 14.1. The summed E-state index contributed by atoms with van der Waals surface area (Å²) in [5.74, 6) is -0.0244. The first-order valence-corrected chi connectivity index (χ1v) is 6.96. The second kappa shape index (κ2) is 9.13. The summed E-state index contributed by atoms with van der Waals surface area (Å²) < 4.78 is 1.88. The van der Waals surface area contributed by atoms with Gasteiger partial charge in [0.15, 0.2) is 0 Å². The number of halogens is 3. The standard InChI is InChI=1S/C11H14BrIN2O.ClH/c1-2-14-5-6-15-11(16)9-7-8(12)3-4-10(9)13;/h3-4,7,14H,2,5-6H2,1H3,(H,15,16);1H. The van der Waals surface area contributed by atoms with Crippen LogP contribution < -0.4 is 10.6 Å². The summed E-state index contributed by atoms with van der Waals surface area (Å²) in [4.78, 5) is 11.8. The van der Waals surface area contributed by atoms with Gasteiger partial charge in [0.05, 0.1) is 5.56 Å². The fourth-order valence-electron chi connectivity index (χ4n) is 1.21. The number of benzene rings is 1. The molecule has 1 rings (SSSR count). The molecule has 0 aromatic heterocycles. The molecule has 1 aromatic carbocycles. The van der Waals surface area contributed by atoms with E-state index in [0.29, 0.717) is 12.1 Å². The summed E-state index contributed by atoms with van der Waals surface area (Å²) in [6.07, 6.45) is 0. The maximum atomic E-state index is 11.8. The van der Waals surface area contributed by atoms with Crippen molar-refractivity contribution in [2.24, 2.45) is 0 Å². The molecule has 1 amide bonds. The smallest absolute Gasteiger partial charge is 0.252 e. The van der Waals surface area contributed by atoms with E-state index in [0.717, 1.165) is 21.1 Å². The maximum absolute atomic E-state index is 11.8. The Bertz CT molecular complexity index is 376. The largest absolute Gasteiger partial charge is 0.351 e. The lowest BCUT2D eigenvalue weighted by Crippen LogP contribution is -2.32. The van der Waals surface area contributed by atoms with Crippen LogP contribution in [0.2, 0.25) is 0 Å². The highest BCUT2D eigenvalue weighted by Crippen LogP contribution is 2.18. The highest BCUT2D eigenvalue weighted by Gasteiger charge is 2.09. The van der Waals surface area contributed by atoms with Gasteiger partial charge >= 0.3 is 0 Å². The zero-order chi connectivity index (χ0) is 12.0. The van der Waals surface area contributed by atoms with E-state index in [-0.39, 0.29) is 18.3 Å². The van der Waals surface area contributed by atoms with Gasteiger partial charge in [-0.3, -0.25) is 4.79 Å². The molecule has 0 aliphatic heterocycles. The molecule has 0 unspecified atom stereocenters. The molecule has 6 heteroatoms. The van der Waals surface area contributed by atoms with Gasteiger partial charge in [-0.05, 0) is 47.3 Å². The average Bonchev–Trinajstić information content (AvgIpc) is 2.27. The van der Waals surface area contributed by atoms with Crippen molar-refractivity contribution >= 4 is 56.8 Å². The lowest BCUT2D eigenvalue weighted by Gasteiger charge is -2.07. The molecule has 0 atom stereocenters. The second-order valence-electron chi connectivity index (χ2n) is 3.23. The number of likely N-dealkylation sites (N-methyl/N-ethyl adjacent to an activating group) is 1. The minimum absolute atomic E-state index is 0. The van der Waals surface area contributed by atoms with Crippen molar-refractivity contribution in [2.75, 3.05) is 19.6 Å². The third-order valence-corrected chi connectivity index (χ3v) is 3.44. The highest BCUT2D eigenvalue weighted by atomic mass is 127. The average molecular weight is 434 g/mol. The van der Waals surface area contributed by atoms with Gasteiger partial charge in [-0.1, -0.05) is 22.9 Å². The summed E-state index contributed by atoms with van der Waals surface area (Å²) in [6.45, 7) is 4.41. The number of hydrogen-bond acceptors (Lipinski definition) is 2. The van der Waals surface area contributed by atoms with E-state index in [9.17, 15) is 4.79 Å². The number of carbonyl (C=O) groups is 1. The Balaban J connectivity index is 0.00000256. The third kappa shape index (κ3) is 6.03. The first-order valence-electron chi connectivity index (χ1n) is 5.09. The lowest BCUT2D eigenvalue weighted by atomic mass is 10.2. The Hall–Kier alpha value is 0.150. The molecule has 96 valence electrons. The Labute approximate surface area is 130 Å². The van der Waals surface area contributed by atoms with Crippen LogP contribution in [0, 0.1) is 3.57 Å². The molecule has 0 saturated heterocycles. The number of amides is 1. The zero-order valence-electron chi connectivity index (χ0n) is 9.43. The topological polar surface area (TPSA) is 41.1 Å². The van der Waals surface area contributed by atoms with Crippen molar-refractivity contribution < 1.29 is 4.79 Å². The van der Waals surface area contributed by atoms with Gasteiger partial charge in [0, 0.05) is 21.1 Å². The van der Waals surface area contributed by atoms with E-state index >= 15 is 0 Å². The molecule has 0 fully saturated rings. The summed E-state index contributed by atoms with van der Waals surface area (Å²) >= 11 is 5.53. The van der Waals surface area contributed by atoms with Crippen LogP contribution in [0.25, 0.3) is 0 Å². The molecule has 0 aliphatic carbocycles. The monoisotopic (exact) mass is 432 g/mol. The third-order valence-electron chi connectivity index (χ3n) is 2.01. The molecule has 0 spiro atoms. The van der Waals surface area contributed by atoms with E-state index in [1.165, 1.54) is 0 Å². The number of rotatable bonds is 5. The van der Waals surface area contributed by atoms with Gasteiger partial charge in [-0.15, -0.1) is 12.4 Å². The van der Waals surface area contributed by atoms with Crippen LogP contribution in [0.15, 0.2) is 22.7 Å². The first-order chi connectivity index (χ1) is 7.65. The number of nitrogens with one attached hydrogen (secondary N) is 2. The van der Waals surface area contributed by atoms with Crippen LogP contribution in [-0.4, -0.2) is 25.5 Å². The van der Waals surface area contributed by atoms with Gasteiger partial charge in [0.2, 0.25) is 0 Å². The number of hydrogen-bond donors (Lipinski definition) is 2. The second-order valence-corrected chi connectivity index (χ2v) is 5.31. The van der Waals surface area contributed by atoms with Crippen LogP contribution >= 0.6 is 50.9 Å². The van der Waals surface area contributed by atoms with Crippen LogP contribution in [0.1, 0.15) is 17.3 Å². The van der Waals surface area contributed by atoms with E-state index in [1.54, 1.807) is 0 Å². The molecule has 0 bridgehead atoms. The summed E-state index contributed by atoms with van der Waals surface area (Å²) in [5.41, 5.74) is 0.714. The molecule has 0 saturated carbocycles. The van der Waals surface area contributed by atoms with Gasteiger partial charge < -0.3 is 10.6 Å². The van der Waals surface area contributed by atoms with Crippen molar-refractivity contribution in [3.8, 4) is 0 Å². The SMILES string of the molecule is CCNCCNC(=O)c1cc(Br)ccc1I.Cl. The van der Waals surface area contributed by atoms with Crippen molar-refractivity contribution in [1.82, 2.24) is 10.6 Å². The Morgan fingerprint density at radius 3 is 2.76 bits per heavy atom. The normalized spacial score (nSPS) is 9.59. The maximum Gasteiger partial charge on any atom is 0.252 e. The summed E-state index contributed by atoms with van der Waals surface area (Å²) in [7, 11) is 0. The van der Waals surface area contributed by atoms with Crippen LogP contribution in [-0.2, 0) is 0 Å². The summed E-state index contributed by atoms with van der Waals surface area (Å²) in [6, 6.07) is 5.69. The number of carbonyl (C=O) groups excluding carboxylic acids is 1. The Morgan fingerprint density at radius 2 is 2.12 bits per heavy atom. The minimum atomic E-state index is -0.0244. The molecule has 17 heavy (non-hydrogen) atoms. The molecular weight excluding hydrogens is 418 g/mol. The summed E-state index contributed by atoms with van der Waals surface area (Å²) in [5, 5.41) is 6.03. The molecular formula is C11H15BrClIN2O. The van der Waals surface area contributed by atoms with Crippen LogP contribution in [0.4, 0.5) is 0 Å². The van der Waals surface area contributed by atoms with Crippen LogP contribution in [0.3, 0.4) is 0 Å². The van der Waals surface area contributed by atoms with Crippen LogP contribution in [0.5, 0.6) is 0 Å². The van der Waals surface area contributed by atoms with Crippen molar-refractivity contribution in [3.63, 3.8) is 0 Å². The minimum Gasteiger partial charge on any atom is -0.351 e. The zero-order valence-corrected chi connectivity index (χ0v) is 14.0. The van der Waals surface area contributed by atoms with Gasteiger partial charge in [0.25, 0.3) is 5.91 Å². The predicted molar refractivity (Wildman–Crippen MR) is 85.0 cm³/mol. The fraction of sp³-hybridized carbons (Fsp3) is 0.364. The Kier molecular flexibility index (Phi) is 9.21. The predicted octanol–water partition coefficient (Wildman–Crippen LogP) is 2.81. The van der Waals surface area contributed by atoms with E-state index in [2.05, 4.69) is 49.2 Å². The van der Waals surface area contributed by atoms with Gasteiger partial charge in [-0.25, -0.2) is 0 Å². The van der Waals surface area contributed by atoms with Crippen molar-refractivity contribution in [3.05, 3.63) is 31.8 Å². The molecule has 0 aliphatic rings. The van der Waals surface area contributed by atoms with E-state index < -0.39 is 0 Å². The molecule has 0 radical (unpaired) electrons. The van der Waals surface area contributed by atoms with E-state index in [4.69, 9.17) is 0 Å². The first kappa shape index (κ1) is 17.2. The lowest BCUT2D eigenvalue weighted by molar-refractivity contribution is 0.0953. The van der Waals surface area contributed by atoms with Crippen molar-refractivity contribution in [1.29, 1.82) is 0 Å².